The molecule has 2 atom stereocenters. The van der Waals surface area contributed by atoms with Crippen molar-refractivity contribution in [2.45, 2.75) is 45.6 Å². The molecule has 3 heteroatoms. The molecule has 0 bridgehead atoms. The molecular weight excluding hydrogens is 212 g/mol. The highest BCUT2D eigenvalue weighted by Crippen LogP contribution is 2.26. The Morgan fingerprint density at radius 3 is 2.53 bits per heavy atom. The lowest BCUT2D eigenvalue weighted by molar-refractivity contribution is 0.0912. The van der Waals surface area contributed by atoms with Gasteiger partial charge in [-0.15, -0.1) is 0 Å². The molecule has 2 rings (SSSR count). The quantitative estimate of drug-likeness (QED) is 0.790. The molecule has 0 aromatic rings. The van der Waals surface area contributed by atoms with E-state index in [2.05, 4.69) is 23.6 Å². The van der Waals surface area contributed by atoms with Gasteiger partial charge in [-0.3, -0.25) is 4.90 Å². The average Bonchev–Trinajstić information content (AvgIpc) is 2.98. The predicted octanol–water partition coefficient (Wildman–Crippen LogP) is 1.57. The fourth-order valence-electron chi connectivity index (χ4n) is 3.17. The molecule has 3 nitrogen and oxygen atoms in total. The Labute approximate surface area is 106 Å². The molecule has 2 fully saturated rings. The monoisotopic (exact) mass is 240 g/mol. The van der Waals surface area contributed by atoms with Gasteiger partial charge in [0.2, 0.25) is 0 Å². The van der Waals surface area contributed by atoms with Crippen LogP contribution in [0, 0.1) is 5.41 Å². The smallest absolute Gasteiger partial charge is 0.0496 e. The highest BCUT2D eigenvalue weighted by atomic mass is 16.3. The zero-order valence-electron chi connectivity index (χ0n) is 11.5. The van der Waals surface area contributed by atoms with E-state index in [1.165, 1.54) is 45.4 Å². The summed E-state index contributed by atoms with van der Waals surface area (Å²) in [5.74, 6) is 0. The van der Waals surface area contributed by atoms with Gasteiger partial charge in [0.15, 0.2) is 0 Å². The molecule has 0 aromatic carbocycles. The second kappa shape index (κ2) is 5.68. The maximum absolute atomic E-state index is 9.49. The van der Waals surface area contributed by atoms with E-state index in [0.717, 1.165) is 19.0 Å². The van der Waals surface area contributed by atoms with Gasteiger partial charge < -0.3 is 10.0 Å². The van der Waals surface area contributed by atoms with E-state index in [0.29, 0.717) is 6.61 Å². The lowest BCUT2D eigenvalue weighted by Gasteiger charge is -2.31. The lowest BCUT2D eigenvalue weighted by atomic mass is 9.88. The summed E-state index contributed by atoms with van der Waals surface area (Å²) in [6.45, 7) is 10.8. The third-order valence-electron chi connectivity index (χ3n) is 4.75. The van der Waals surface area contributed by atoms with Gasteiger partial charge in [-0.2, -0.15) is 0 Å². The van der Waals surface area contributed by atoms with Crippen LogP contribution in [-0.2, 0) is 0 Å². The first-order valence-electron chi connectivity index (χ1n) is 7.24. The van der Waals surface area contributed by atoms with E-state index in [4.69, 9.17) is 0 Å². The van der Waals surface area contributed by atoms with Gasteiger partial charge >= 0.3 is 0 Å². The highest BCUT2D eigenvalue weighted by Gasteiger charge is 2.32. The number of aliphatic hydroxyl groups is 1. The van der Waals surface area contributed by atoms with Gasteiger partial charge in [0.25, 0.3) is 0 Å². The molecule has 100 valence electrons. The second-order valence-corrected chi connectivity index (χ2v) is 6.24. The van der Waals surface area contributed by atoms with Crippen molar-refractivity contribution >= 4 is 0 Å². The van der Waals surface area contributed by atoms with E-state index >= 15 is 0 Å². The summed E-state index contributed by atoms with van der Waals surface area (Å²) >= 11 is 0. The van der Waals surface area contributed by atoms with Crippen molar-refractivity contribution in [2.75, 3.05) is 39.3 Å². The minimum Gasteiger partial charge on any atom is -0.396 e. The Morgan fingerprint density at radius 1 is 1.24 bits per heavy atom. The summed E-state index contributed by atoms with van der Waals surface area (Å²) in [6, 6.07) is 0.789. The van der Waals surface area contributed by atoms with E-state index in [1.54, 1.807) is 0 Å². The molecule has 2 aliphatic heterocycles. The molecule has 17 heavy (non-hydrogen) atoms. The minimum atomic E-state index is 0.0971. The van der Waals surface area contributed by atoms with Crippen LogP contribution in [0.15, 0.2) is 0 Å². The highest BCUT2D eigenvalue weighted by molar-refractivity contribution is 4.88. The number of aliphatic hydroxyl groups excluding tert-OH is 1. The van der Waals surface area contributed by atoms with Gasteiger partial charge in [0.05, 0.1) is 0 Å². The van der Waals surface area contributed by atoms with Crippen molar-refractivity contribution in [1.82, 2.24) is 9.80 Å². The van der Waals surface area contributed by atoms with Crippen molar-refractivity contribution < 1.29 is 5.11 Å². The molecule has 2 unspecified atom stereocenters. The first kappa shape index (κ1) is 13.3. The van der Waals surface area contributed by atoms with Gasteiger partial charge in [-0.1, -0.05) is 13.8 Å². The number of likely N-dealkylation sites (tertiary alicyclic amines) is 2. The maximum atomic E-state index is 9.49. The molecule has 2 aliphatic rings. The van der Waals surface area contributed by atoms with Gasteiger partial charge in [0.1, 0.15) is 0 Å². The zero-order chi connectivity index (χ0) is 12.3. The Hall–Kier alpha value is -0.120. The first-order chi connectivity index (χ1) is 8.17. The molecule has 0 amide bonds. The molecule has 2 heterocycles. The van der Waals surface area contributed by atoms with Crippen molar-refractivity contribution in [3.05, 3.63) is 0 Å². The predicted molar refractivity (Wildman–Crippen MR) is 71.1 cm³/mol. The Morgan fingerprint density at radius 2 is 1.94 bits per heavy atom. The molecule has 0 aliphatic carbocycles. The topological polar surface area (TPSA) is 26.7 Å². The van der Waals surface area contributed by atoms with Crippen LogP contribution in [0.1, 0.15) is 39.5 Å². The van der Waals surface area contributed by atoms with Crippen LogP contribution in [-0.4, -0.2) is 60.3 Å². The third-order valence-corrected chi connectivity index (χ3v) is 4.75. The summed E-state index contributed by atoms with van der Waals surface area (Å²) < 4.78 is 0. The molecular formula is C14H28N2O. The first-order valence-corrected chi connectivity index (χ1v) is 7.24. The Kier molecular flexibility index (Phi) is 4.45. The number of hydrogen-bond acceptors (Lipinski definition) is 3. The second-order valence-electron chi connectivity index (χ2n) is 6.24. The third kappa shape index (κ3) is 3.21. The number of hydrogen-bond donors (Lipinski definition) is 1. The number of rotatable bonds is 5. The van der Waals surface area contributed by atoms with Gasteiger partial charge in [-0.05, 0) is 45.3 Å². The number of nitrogens with zero attached hydrogens (tertiary/aromatic N) is 2. The van der Waals surface area contributed by atoms with Crippen LogP contribution in [0.3, 0.4) is 0 Å². The molecule has 0 spiro atoms. The molecule has 0 saturated carbocycles. The summed E-state index contributed by atoms with van der Waals surface area (Å²) in [5, 5.41) is 9.49. The van der Waals surface area contributed by atoms with E-state index in [-0.39, 0.29) is 5.41 Å². The molecule has 2 saturated heterocycles. The van der Waals surface area contributed by atoms with E-state index < -0.39 is 0 Å². The Balaban J connectivity index is 1.81. The summed E-state index contributed by atoms with van der Waals surface area (Å²) in [6.07, 6.45) is 5.17. The van der Waals surface area contributed by atoms with Gasteiger partial charge in [0, 0.05) is 31.2 Å². The van der Waals surface area contributed by atoms with Crippen molar-refractivity contribution in [2.24, 2.45) is 5.41 Å². The molecule has 0 radical (unpaired) electrons. The van der Waals surface area contributed by atoms with Crippen LogP contribution >= 0.6 is 0 Å². The molecule has 0 aromatic heterocycles. The summed E-state index contributed by atoms with van der Waals surface area (Å²) in [5.41, 5.74) is 0.0971. The Bertz CT molecular complexity index is 234. The lowest BCUT2D eigenvalue weighted by Crippen LogP contribution is -2.40. The fraction of sp³-hybridized carbons (Fsp3) is 1.00. The minimum absolute atomic E-state index is 0.0971. The standard InChI is InChI=1S/C14H28N2O/c1-3-14(2,12-17)11-15-9-6-13(10-15)16-7-4-5-8-16/h13,17H,3-12H2,1-2H3. The van der Waals surface area contributed by atoms with Crippen LogP contribution in [0.4, 0.5) is 0 Å². The SMILES string of the molecule is CCC(C)(CO)CN1CCC(N2CCCC2)C1. The summed E-state index contributed by atoms with van der Waals surface area (Å²) in [7, 11) is 0. The van der Waals surface area contributed by atoms with Crippen molar-refractivity contribution in [3.63, 3.8) is 0 Å². The van der Waals surface area contributed by atoms with Crippen LogP contribution < -0.4 is 0 Å². The maximum Gasteiger partial charge on any atom is 0.0496 e. The van der Waals surface area contributed by atoms with E-state index in [1.807, 2.05) is 0 Å². The fourth-order valence-corrected chi connectivity index (χ4v) is 3.17. The largest absolute Gasteiger partial charge is 0.396 e. The van der Waals surface area contributed by atoms with Crippen LogP contribution in [0.25, 0.3) is 0 Å². The van der Waals surface area contributed by atoms with Crippen molar-refractivity contribution in [1.29, 1.82) is 0 Å². The van der Waals surface area contributed by atoms with E-state index in [9.17, 15) is 5.11 Å². The zero-order valence-corrected chi connectivity index (χ0v) is 11.5. The molecule has 1 N–H and O–H groups in total. The normalized spacial score (nSPS) is 30.9. The average molecular weight is 240 g/mol. The summed E-state index contributed by atoms with van der Waals surface area (Å²) in [4.78, 5) is 5.23. The van der Waals surface area contributed by atoms with Crippen LogP contribution in [0.2, 0.25) is 0 Å². The van der Waals surface area contributed by atoms with Gasteiger partial charge in [-0.25, -0.2) is 0 Å². The van der Waals surface area contributed by atoms with Crippen molar-refractivity contribution in [3.8, 4) is 0 Å². The van der Waals surface area contributed by atoms with Crippen LogP contribution in [0.5, 0.6) is 0 Å².